The molecule has 0 saturated carbocycles. The Kier molecular flexibility index (Phi) is 2.19. The lowest BCUT2D eigenvalue weighted by Gasteiger charge is -2.21. The summed E-state index contributed by atoms with van der Waals surface area (Å²) < 4.78 is 6.06. The van der Waals surface area contributed by atoms with Gasteiger partial charge in [-0.15, -0.1) is 0 Å². The van der Waals surface area contributed by atoms with E-state index in [1.54, 1.807) is 6.07 Å². The molecule has 1 aliphatic heterocycles. The summed E-state index contributed by atoms with van der Waals surface area (Å²) in [5.41, 5.74) is 0.501. The van der Waals surface area contributed by atoms with E-state index in [9.17, 15) is 10.0 Å². The molecule has 0 aromatic heterocycles. The van der Waals surface area contributed by atoms with E-state index >= 15 is 0 Å². The van der Waals surface area contributed by atoms with E-state index in [0.29, 0.717) is 5.46 Å². The molecule has 22 heavy (non-hydrogen) atoms. The van der Waals surface area contributed by atoms with Crippen molar-refractivity contribution in [2.75, 3.05) is 0 Å². The molecule has 4 aromatic carbocycles. The van der Waals surface area contributed by atoms with Crippen LogP contribution in [0.3, 0.4) is 0 Å². The summed E-state index contributed by atoms with van der Waals surface area (Å²) in [6.45, 7) is 0. The van der Waals surface area contributed by atoms with Gasteiger partial charge in [-0.1, -0.05) is 42.5 Å². The highest BCUT2D eigenvalue weighted by Crippen LogP contribution is 2.46. The molecule has 3 nitrogen and oxygen atoms in total. The maximum Gasteiger partial charge on any atom is 0.489 e. The third-order valence-corrected chi connectivity index (χ3v) is 4.46. The summed E-state index contributed by atoms with van der Waals surface area (Å²) in [5, 5.41) is 25.5. The van der Waals surface area contributed by atoms with Gasteiger partial charge in [0.2, 0.25) is 0 Å². The fourth-order valence-electron chi connectivity index (χ4n) is 3.51. The molecular formula is C18H11BO3. The first kappa shape index (κ1) is 12.0. The summed E-state index contributed by atoms with van der Waals surface area (Å²) in [6, 6.07) is 17.7. The molecule has 1 heterocycles. The molecule has 0 atom stereocenters. The van der Waals surface area contributed by atoms with Crippen molar-refractivity contribution in [2.24, 2.45) is 0 Å². The largest absolute Gasteiger partial charge is 0.489 e. The van der Waals surface area contributed by atoms with E-state index in [1.807, 2.05) is 30.3 Å². The Morgan fingerprint density at radius 2 is 1.41 bits per heavy atom. The molecular weight excluding hydrogens is 275 g/mol. The minimum atomic E-state index is -1.50. The average molecular weight is 286 g/mol. The van der Waals surface area contributed by atoms with Crippen LogP contribution in [0.15, 0.2) is 54.6 Å². The van der Waals surface area contributed by atoms with Crippen molar-refractivity contribution in [3.63, 3.8) is 0 Å². The monoisotopic (exact) mass is 286 g/mol. The van der Waals surface area contributed by atoms with E-state index in [4.69, 9.17) is 4.74 Å². The number of ether oxygens (including phenoxy) is 1. The van der Waals surface area contributed by atoms with Crippen molar-refractivity contribution in [3.8, 4) is 11.5 Å². The first-order valence-electron chi connectivity index (χ1n) is 7.19. The zero-order valence-corrected chi connectivity index (χ0v) is 11.6. The van der Waals surface area contributed by atoms with Gasteiger partial charge in [0.15, 0.2) is 0 Å². The zero-order valence-electron chi connectivity index (χ0n) is 11.6. The molecule has 4 heteroatoms. The van der Waals surface area contributed by atoms with E-state index < -0.39 is 7.12 Å². The Morgan fingerprint density at radius 3 is 2.23 bits per heavy atom. The Hall–Kier alpha value is -2.56. The predicted octanol–water partition coefficient (Wildman–Crippen LogP) is 2.93. The van der Waals surface area contributed by atoms with Crippen LogP contribution in [-0.4, -0.2) is 17.2 Å². The molecule has 0 fully saturated rings. The Labute approximate surface area is 126 Å². The summed E-state index contributed by atoms with van der Waals surface area (Å²) >= 11 is 0. The second-order valence-electron chi connectivity index (χ2n) is 5.63. The lowest BCUT2D eigenvalue weighted by molar-refractivity contribution is 0.426. The molecule has 0 radical (unpaired) electrons. The van der Waals surface area contributed by atoms with Crippen LogP contribution in [0.2, 0.25) is 0 Å². The highest BCUT2D eigenvalue weighted by molar-refractivity contribution is 6.62. The molecule has 2 N–H and O–H groups in total. The van der Waals surface area contributed by atoms with Gasteiger partial charge in [-0.3, -0.25) is 0 Å². The fourth-order valence-corrected chi connectivity index (χ4v) is 3.51. The summed E-state index contributed by atoms with van der Waals surface area (Å²) in [5.74, 6) is 1.61. The van der Waals surface area contributed by atoms with Crippen molar-refractivity contribution in [3.05, 3.63) is 54.6 Å². The molecule has 4 aromatic rings. The van der Waals surface area contributed by atoms with Crippen LogP contribution in [0.25, 0.3) is 32.3 Å². The molecule has 0 spiro atoms. The van der Waals surface area contributed by atoms with Crippen LogP contribution in [0, 0.1) is 0 Å². The van der Waals surface area contributed by atoms with Crippen LogP contribution in [0.5, 0.6) is 11.5 Å². The van der Waals surface area contributed by atoms with E-state index in [-0.39, 0.29) is 0 Å². The van der Waals surface area contributed by atoms with E-state index in [0.717, 1.165) is 43.8 Å². The fraction of sp³-hybridized carbons (Fsp3) is 0. The van der Waals surface area contributed by atoms with E-state index in [2.05, 4.69) is 18.2 Å². The van der Waals surface area contributed by atoms with Crippen molar-refractivity contribution in [1.29, 1.82) is 0 Å². The van der Waals surface area contributed by atoms with Gasteiger partial charge in [0.1, 0.15) is 11.5 Å². The molecule has 104 valence electrons. The summed E-state index contributed by atoms with van der Waals surface area (Å²) in [4.78, 5) is 0. The van der Waals surface area contributed by atoms with Crippen molar-refractivity contribution in [2.45, 2.75) is 0 Å². The van der Waals surface area contributed by atoms with Crippen LogP contribution in [0.1, 0.15) is 0 Å². The van der Waals surface area contributed by atoms with Gasteiger partial charge >= 0.3 is 7.12 Å². The Balaban J connectivity index is 2.14. The van der Waals surface area contributed by atoms with Gasteiger partial charge in [0.25, 0.3) is 0 Å². The molecule has 1 aliphatic rings. The van der Waals surface area contributed by atoms with Crippen molar-refractivity contribution < 1.29 is 14.8 Å². The summed E-state index contributed by atoms with van der Waals surface area (Å²) in [7, 11) is -1.50. The average Bonchev–Trinajstić information content (AvgIpc) is 2.54. The number of rotatable bonds is 1. The first-order valence-corrected chi connectivity index (χ1v) is 7.19. The van der Waals surface area contributed by atoms with Crippen LogP contribution in [-0.2, 0) is 0 Å². The lowest BCUT2D eigenvalue weighted by atomic mass is 9.76. The van der Waals surface area contributed by atoms with Gasteiger partial charge in [-0.05, 0) is 33.8 Å². The number of hydrogen-bond acceptors (Lipinski definition) is 3. The number of benzene rings is 4. The number of hydrogen-bond donors (Lipinski definition) is 2. The van der Waals surface area contributed by atoms with Crippen LogP contribution in [0.4, 0.5) is 0 Å². The molecule has 0 amide bonds. The highest BCUT2D eigenvalue weighted by atomic mass is 16.5. The molecule has 0 aliphatic carbocycles. The normalized spacial score (nSPS) is 12.5. The maximum absolute atomic E-state index is 9.63. The molecule has 0 saturated heterocycles. The molecule has 5 rings (SSSR count). The lowest BCUT2D eigenvalue weighted by Crippen LogP contribution is -2.30. The minimum Gasteiger partial charge on any atom is -0.456 e. The second-order valence-corrected chi connectivity index (χ2v) is 5.63. The molecule has 0 unspecified atom stereocenters. The predicted molar refractivity (Wildman–Crippen MR) is 88.9 cm³/mol. The van der Waals surface area contributed by atoms with Crippen LogP contribution < -0.4 is 10.2 Å². The smallest absolute Gasteiger partial charge is 0.456 e. The van der Waals surface area contributed by atoms with Gasteiger partial charge in [0.05, 0.1) is 0 Å². The summed E-state index contributed by atoms with van der Waals surface area (Å²) in [6.07, 6.45) is 0. The molecule has 0 bridgehead atoms. The van der Waals surface area contributed by atoms with Gasteiger partial charge in [-0.25, -0.2) is 0 Å². The second kappa shape index (κ2) is 4.00. The van der Waals surface area contributed by atoms with Gasteiger partial charge in [0, 0.05) is 16.2 Å². The van der Waals surface area contributed by atoms with Crippen LogP contribution >= 0.6 is 0 Å². The third kappa shape index (κ3) is 1.38. The quantitative estimate of drug-likeness (QED) is 0.368. The Morgan fingerprint density at radius 1 is 0.682 bits per heavy atom. The van der Waals surface area contributed by atoms with E-state index in [1.165, 1.54) is 0 Å². The minimum absolute atomic E-state index is 0.501. The van der Waals surface area contributed by atoms with Gasteiger partial charge < -0.3 is 14.8 Å². The highest BCUT2D eigenvalue weighted by Gasteiger charge is 2.23. The van der Waals surface area contributed by atoms with Gasteiger partial charge in [-0.2, -0.15) is 0 Å². The maximum atomic E-state index is 9.63. The first-order chi connectivity index (χ1) is 10.7. The van der Waals surface area contributed by atoms with Crippen molar-refractivity contribution >= 4 is 44.9 Å². The topological polar surface area (TPSA) is 49.7 Å². The SMILES string of the molecule is OB(O)c1ccc2c3c1ccc1ccc4cccc(c4c13)O2. The Bertz CT molecular complexity index is 1090. The third-order valence-electron chi connectivity index (χ3n) is 4.46. The standard InChI is InChI=1S/C18H11BO3/c20-19(21)13-8-9-15-18-12(13)7-6-11-5-4-10-2-1-3-14(22-15)16(10)17(11)18/h1-9,20-21H. The zero-order chi connectivity index (χ0) is 14.8. The van der Waals surface area contributed by atoms with Crippen molar-refractivity contribution in [1.82, 2.24) is 0 Å².